The van der Waals surface area contributed by atoms with Crippen molar-refractivity contribution in [3.05, 3.63) is 34.3 Å². The van der Waals surface area contributed by atoms with Crippen LogP contribution in [0.15, 0.2) is 23.3 Å². The fourth-order valence-electron chi connectivity index (χ4n) is 1.77. The Morgan fingerprint density at radius 2 is 2.30 bits per heavy atom. The van der Waals surface area contributed by atoms with Gasteiger partial charge in [0.1, 0.15) is 4.88 Å². The molecule has 122 valence electrons. The van der Waals surface area contributed by atoms with Crippen molar-refractivity contribution in [2.45, 2.75) is 13.8 Å². The number of aromatic hydroxyl groups is 1. The molecule has 1 heterocycles. The summed E-state index contributed by atoms with van der Waals surface area (Å²) in [6, 6.07) is 4.92. The number of esters is 1. The van der Waals surface area contributed by atoms with Gasteiger partial charge in [-0.1, -0.05) is 11.3 Å². The zero-order chi connectivity index (χ0) is 16.8. The highest BCUT2D eigenvalue weighted by molar-refractivity contribution is 7.17. The van der Waals surface area contributed by atoms with Gasteiger partial charge in [-0.05, 0) is 37.6 Å². The average molecular weight is 335 g/mol. The minimum absolute atomic E-state index is 0.0789. The Labute approximate surface area is 137 Å². The first kappa shape index (κ1) is 16.8. The first-order valence-electron chi connectivity index (χ1n) is 6.85. The number of methoxy groups -OCH3 is 1. The van der Waals surface area contributed by atoms with Gasteiger partial charge in [-0.3, -0.25) is 5.43 Å². The van der Waals surface area contributed by atoms with Crippen LogP contribution in [0.2, 0.25) is 0 Å². The van der Waals surface area contributed by atoms with Crippen molar-refractivity contribution in [2.24, 2.45) is 5.10 Å². The van der Waals surface area contributed by atoms with Crippen LogP contribution in [-0.4, -0.2) is 36.0 Å². The number of hydrogen-bond acceptors (Lipinski definition) is 8. The number of hydrogen-bond donors (Lipinski definition) is 2. The van der Waals surface area contributed by atoms with Crippen LogP contribution in [0.1, 0.15) is 27.9 Å². The van der Waals surface area contributed by atoms with Gasteiger partial charge < -0.3 is 14.6 Å². The van der Waals surface area contributed by atoms with Crippen LogP contribution in [-0.2, 0) is 4.74 Å². The molecule has 1 aromatic carbocycles. The van der Waals surface area contributed by atoms with Crippen LogP contribution in [0, 0.1) is 6.92 Å². The molecule has 0 amide bonds. The van der Waals surface area contributed by atoms with Crippen molar-refractivity contribution in [3.8, 4) is 11.5 Å². The number of aromatic nitrogens is 1. The number of ether oxygens (including phenoxy) is 2. The second-order valence-electron chi connectivity index (χ2n) is 4.46. The largest absolute Gasteiger partial charge is 0.504 e. The van der Waals surface area contributed by atoms with Gasteiger partial charge in [0.15, 0.2) is 11.5 Å². The molecular formula is C15H17N3O4S. The molecule has 0 unspecified atom stereocenters. The number of benzene rings is 1. The van der Waals surface area contributed by atoms with E-state index in [1.807, 2.05) is 6.92 Å². The number of aryl methyl sites for hydroxylation is 1. The van der Waals surface area contributed by atoms with Crippen LogP contribution in [0.3, 0.4) is 0 Å². The van der Waals surface area contributed by atoms with Gasteiger partial charge in [-0.25, -0.2) is 9.78 Å². The number of thiazole rings is 1. The number of nitrogens with one attached hydrogen (secondary N) is 1. The zero-order valence-corrected chi connectivity index (χ0v) is 13.8. The molecule has 23 heavy (non-hydrogen) atoms. The van der Waals surface area contributed by atoms with E-state index in [-0.39, 0.29) is 5.75 Å². The Hall–Kier alpha value is -2.61. The van der Waals surface area contributed by atoms with Crippen LogP contribution in [0.5, 0.6) is 11.5 Å². The third kappa shape index (κ3) is 4.19. The summed E-state index contributed by atoms with van der Waals surface area (Å²) in [5, 5.41) is 14.2. The summed E-state index contributed by atoms with van der Waals surface area (Å²) >= 11 is 1.17. The quantitative estimate of drug-likeness (QED) is 0.479. The van der Waals surface area contributed by atoms with Crippen molar-refractivity contribution < 1.29 is 19.4 Å². The molecule has 0 spiro atoms. The van der Waals surface area contributed by atoms with E-state index in [1.54, 1.807) is 25.3 Å². The number of carbonyl (C=O) groups excluding carboxylic acids is 1. The lowest BCUT2D eigenvalue weighted by Crippen LogP contribution is -1.99. The number of rotatable bonds is 6. The minimum atomic E-state index is -0.420. The Bertz CT molecular complexity index is 728. The third-order valence-electron chi connectivity index (χ3n) is 2.82. The predicted molar refractivity (Wildman–Crippen MR) is 88.7 cm³/mol. The summed E-state index contributed by atoms with van der Waals surface area (Å²) in [6.07, 6.45) is 1.57. The minimum Gasteiger partial charge on any atom is -0.504 e. The number of anilines is 1. The van der Waals surface area contributed by atoms with Gasteiger partial charge in [0.05, 0.1) is 25.6 Å². The maximum atomic E-state index is 11.5. The number of hydrazone groups is 1. The Morgan fingerprint density at radius 1 is 1.52 bits per heavy atom. The van der Waals surface area contributed by atoms with E-state index in [9.17, 15) is 9.90 Å². The van der Waals surface area contributed by atoms with Gasteiger partial charge in [-0.15, -0.1) is 0 Å². The molecule has 2 aromatic rings. The van der Waals surface area contributed by atoms with Crippen LogP contribution < -0.4 is 10.2 Å². The zero-order valence-electron chi connectivity index (χ0n) is 13.0. The van der Waals surface area contributed by atoms with Gasteiger partial charge in [0.25, 0.3) is 0 Å². The molecule has 1 aromatic heterocycles. The smallest absolute Gasteiger partial charge is 0.350 e. The summed E-state index contributed by atoms with van der Waals surface area (Å²) in [7, 11) is 1.33. The van der Waals surface area contributed by atoms with E-state index in [0.29, 0.717) is 28.1 Å². The summed E-state index contributed by atoms with van der Waals surface area (Å²) in [4.78, 5) is 16.2. The first-order chi connectivity index (χ1) is 11.0. The van der Waals surface area contributed by atoms with E-state index < -0.39 is 5.97 Å². The topological polar surface area (TPSA) is 93.0 Å². The summed E-state index contributed by atoms with van der Waals surface area (Å²) in [5.41, 5.74) is 4.10. The van der Waals surface area contributed by atoms with Gasteiger partial charge in [-0.2, -0.15) is 5.10 Å². The van der Waals surface area contributed by atoms with Crippen LogP contribution in [0.4, 0.5) is 5.13 Å². The maximum absolute atomic E-state index is 11.5. The molecule has 2 N–H and O–H groups in total. The summed E-state index contributed by atoms with van der Waals surface area (Å²) in [5.74, 6) is 0.0571. The molecule has 0 atom stereocenters. The molecule has 0 radical (unpaired) electrons. The molecule has 0 aliphatic carbocycles. The fraction of sp³-hybridized carbons (Fsp3) is 0.267. The van der Waals surface area contributed by atoms with E-state index in [2.05, 4.69) is 20.2 Å². The second kappa shape index (κ2) is 7.59. The highest BCUT2D eigenvalue weighted by Crippen LogP contribution is 2.26. The van der Waals surface area contributed by atoms with E-state index in [4.69, 9.17) is 4.74 Å². The van der Waals surface area contributed by atoms with E-state index in [1.165, 1.54) is 24.5 Å². The molecule has 0 aliphatic rings. The van der Waals surface area contributed by atoms with Crippen LogP contribution >= 0.6 is 11.3 Å². The molecule has 0 aliphatic heterocycles. The SMILES string of the molecule is CCOc1cc(/C=N\Nc2nc(C)c(C(=O)OC)s2)ccc1O. The molecule has 7 nitrogen and oxygen atoms in total. The Balaban J connectivity index is 2.07. The van der Waals surface area contributed by atoms with Gasteiger partial charge in [0, 0.05) is 0 Å². The lowest BCUT2D eigenvalue weighted by Gasteiger charge is -2.05. The maximum Gasteiger partial charge on any atom is 0.350 e. The number of carbonyl (C=O) groups is 1. The standard InChI is InChI=1S/C15H17N3O4S/c1-4-22-12-7-10(5-6-11(12)19)8-16-18-15-17-9(2)13(23-15)14(20)21-3/h5-8,19H,4H2,1-3H3,(H,17,18)/b16-8-. The fourth-order valence-corrected chi connectivity index (χ4v) is 2.60. The van der Waals surface area contributed by atoms with E-state index >= 15 is 0 Å². The van der Waals surface area contributed by atoms with Crippen molar-refractivity contribution in [1.29, 1.82) is 0 Å². The highest BCUT2D eigenvalue weighted by Gasteiger charge is 2.15. The number of phenolic OH excluding ortho intramolecular Hbond substituents is 1. The lowest BCUT2D eigenvalue weighted by molar-refractivity contribution is 0.0605. The Morgan fingerprint density at radius 3 is 3.00 bits per heavy atom. The molecule has 0 saturated heterocycles. The van der Waals surface area contributed by atoms with Crippen molar-refractivity contribution in [3.63, 3.8) is 0 Å². The first-order valence-corrected chi connectivity index (χ1v) is 7.67. The van der Waals surface area contributed by atoms with Gasteiger partial charge >= 0.3 is 5.97 Å². The third-order valence-corrected chi connectivity index (χ3v) is 3.87. The molecule has 0 bridgehead atoms. The van der Waals surface area contributed by atoms with Gasteiger partial charge in [0.2, 0.25) is 5.13 Å². The normalized spacial score (nSPS) is 10.7. The molecule has 0 saturated carbocycles. The van der Waals surface area contributed by atoms with Crippen molar-refractivity contribution in [1.82, 2.24) is 4.98 Å². The Kier molecular flexibility index (Phi) is 5.53. The average Bonchev–Trinajstić information content (AvgIpc) is 2.91. The molecule has 8 heteroatoms. The van der Waals surface area contributed by atoms with Crippen LogP contribution in [0.25, 0.3) is 0 Å². The summed E-state index contributed by atoms with van der Waals surface area (Å²) in [6.45, 7) is 4.03. The molecule has 0 fully saturated rings. The lowest BCUT2D eigenvalue weighted by atomic mass is 10.2. The monoisotopic (exact) mass is 335 g/mol. The number of nitrogens with zero attached hydrogens (tertiary/aromatic N) is 2. The van der Waals surface area contributed by atoms with E-state index in [0.717, 1.165) is 5.56 Å². The number of phenols is 1. The van der Waals surface area contributed by atoms with Crippen molar-refractivity contribution >= 4 is 28.7 Å². The highest BCUT2D eigenvalue weighted by atomic mass is 32.1. The second-order valence-corrected chi connectivity index (χ2v) is 5.45. The molecule has 2 rings (SSSR count). The summed E-state index contributed by atoms with van der Waals surface area (Å²) < 4.78 is 9.99. The van der Waals surface area contributed by atoms with Crippen molar-refractivity contribution in [2.75, 3.05) is 19.1 Å². The predicted octanol–water partition coefficient (Wildman–Crippen LogP) is 2.79. The molecular weight excluding hydrogens is 318 g/mol.